The summed E-state index contributed by atoms with van der Waals surface area (Å²) in [6.07, 6.45) is 1.70. The van der Waals surface area contributed by atoms with E-state index in [0.717, 1.165) is 17.0 Å². The van der Waals surface area contributed by atoms with Gasteiger partial charge in [0.2, 0.25) is 0 Å². The standard InChI is InChI=1S/C18H24N2O2S/c1-14(20-23(21)18(2,3)4)17-11-10-16(12-19-17)22-13-15-8-6-5-7-9-15/h5-12,14,20H,13H2,1-4H3/t14?,23-/m1/s1. The minimum atomic E-state index is -1.12. The van der Waals surface area contributed by atoms with Crippen LogP contribution in [-0.4, -0.2) is 14.3 Å². The number of nitrogens with zero attached hydrogens (tertiary/aromatic N) is 1. The van der Waals surface area contributed by atoms with E-state index >= 15 is 0 Å². The smallest absolute Gasteiger partial charge is 0.138 e. The lowest BCUT2D eigenvalue weighted by atomic mass is 10.2. The molecule has 124 valence electrons. The predicted octanol–water partition coefficient (Wildman–Crippen LogP) is 3.77. The van der Waals surface area contributed by atoms with Gasteiger partial charge in [-0.3, -0.25) is 4.98 Å². The normalized spacial score (nSPS) is 14.3. The van der Waals surface area contributed by atoms with Crippen LogP contribution in [0.3, 0.4) is 0 Å². The molecule has 1 aromatic heterocycles. The van der Waals surface area contributed by atoms with Gasteiger partial charge in [-0.25, -0.2) is 0 Å². The molecule has 23 heavy (non-hydrogen) atoms. The zero-order valence-corrected chi connectivity index (χ0v) is 14.9. The van der Waals surface area contributed by atoms with E-state index in [1.807, 2.05) is 70.2 Å². The van der Waals surface area contributed by atoms with Crippen molar-refractivity contribution >= 4 is 11.4 Å². The van der Waals surface area contributed by atoms with Crippen LogP contribution in [0.4, 0.5) is 0 Å². The Labute approximate surface area is 141 Å². The fourth-order valence-electron chi connectivity index (χ4n) is 1.87. The Balaban J connectivity index is 1.91. The number of benzene rings is 1. The second-order valence-electron chi connectivity index (χ2n) is 6.41. The summed E-state index contributed by atoms with van der Waals surface area (Å²) in [5.41, 5.74) is 1.96. The highest BCUT2D eigenvalue weighted by molar-refractivity contribution is 7.90. The van der Waals surface area contributed by atoms with Crippen LogP contribution >= 0.6 is 0 Å². The van der Waals surface area contributed by atoms with Crippen molar-refractivity contribution in [1.82, 2.24) is 9.71 Å². The maximum absolute atomic E-state index is 12.1. The molecule has 2 atom stereocenters. The molecule has 5 heteroatoms. The fraction of sp³-hybridized carbons (Fsp3) is 0.389. The van der Waals surface area contributed by atoms with E-state index in [9.17, 15) is 4.55 Å². The molecule has 1 aromatic carbocycles. The molecule has 0 radical (unpaired) electrons. The Morgan fingerprint density at radius 1 is 1.17 bits per heavy atom. The molecule has 0 aliphatic heterocycles. The molecule has 0 saturated heterocycles. The van der Waals surface area contributed by atoms with Gasteiger partial charge in [-0.15, -0.1) is 4.72 Å². The molecule has 1 N–H and O–H groups in total. The summed E-state index contributed by atoms with van der Waals surface area (Å²) in [6, 6.07) is 13.7. The number of aromatic nitrogens is 1. The average Bonchev–Trinajstić information content (AvgIpc) is 2.53. The molecule has 1 unspecified atom stereocenters. The highest BCUT2D eigenvalue weighted by Gasteiger charge is 2.28. The van der Waals surface area contributed by atoms with Gasteiger partial charge in [0, 0.05) is 11.4 Å². The van der Waals surface area contributed by atoms with Crippen LogP contribution in [0.5, 0.6) is 5.75 Å². The molecule has 0 aliphatic rings. The van der Waals surface area contributed by atoms with Gasteiger partial charge in [-0.1, -0.05) is 30.3 Å². The van der Waals surface area contributed by atoms with Crippen LogP contribution in [0, 0.1) is 0 Å². The van der Waals surface area contributed by atoms with E-state index in [-0.39, 0.29) is 10.8 Å². The summed E-state index contributed by atoms with van der Waals surface area (Å²) < 4.78 is 20.6. The first-order valence-electron chi connectivity index (χ1n) is 7.67. The Morgan fingerprint density at radius 2 is 1.87 bits per heavy atom. The number of hydrogen-bond donors (Lipinski definition) is 1. The second kappa shape index (κ2) is 7.81. The molecule has 1 heterocycles. The Hall–Kier alpha value is -1.56. The Bertz CT molecular complexity index is 597. The van der Waals surface area contributed by atoms with Crippen LogP contribution in [-0.2, 0) is 18.0 Å². The first-order valence-corrected chi connectivity index (χ1v) is 8.82. The second-order valence-corrected chi connectivity index (χ2v) is 8.41. The number of rotatable bonds is 6. The average molecular weight is 332 g/mol. The van der Waals surface area contributed by atoms with Crippen LogP contribution < -0.4 is 9.46 Å². The molecule has 0 saturated carbocycles. The Kier molecular flexibility index (Phi) is 6.04. The van der Waals surface area contributed by atoms with E-state index in [2.05, 4.69) is 9.71 Å². The minimum Gasteiger partial charge on any atom is -0.598 e. The Morgan fingerprint density at radius 3 is 2.43 bits per heavy atom. The number of pyridine rings is 1. The maximum atomic E-state index is 12.1. The van der Waals surface area contributed by atoms with Crippen molar-refractivity contribution in [2.75, 3.05) is 0 Å². The van der Waals surface area contributed by atoms with E-state index in [0.29, 0.717) is 6.61 Å². The molecule has 0 amide bonds. The van der Waals surface area contributed by atoms with Gasteiger partial charge < -0.3 is 9.29 Å². The molecule has 0 bridgehead atoms. The van der Waals surface area contributed by atoms with Gasteiger partial charge in [0.05, 0.1) is 17.9 Å². The molecule has 2 rings (SSSR count). The summed E-state index contributed by atoms with van der Waals surface area (Å²) in [6.45, 7) is 8.30. The van der Waals surface area contributed by atoms with Crippen molar-refractivity contribution in [1.29, 1.82) is 0 Å². The minimum absolute atomic E-state index is 0.0850. The largest absolute Gasteiger partial charge is 0.598 e. The van der Waals surface area contributed by atoms with E-state index in [4.69, 9.17) is 4.74 Å². The molecule has 2 aromatic rings. The highest BCUT2D eigenvalue weighted by Crippen LogP contribution is 2.20. The van der Waals surface area contributed by atoms with Crippen LogP contribution in [0.15, 0.2) is 48.7 Å². The highest BCUT2D eigenvalue weighted by atomic mass is 32.2. The van der Waals surface area contributed by atoms with Gasteiger partial charge >= 0.3 is 0 Å². The lowest BCUT2D eigenvalue weighted by Gasteiger charge is -2.26. The van der Waals surface area contributed by atoms with Crippen molar-refractivity contribution in [2.45, 2.75) is 45.1 Å². The predicted molar refractivity (Wildman–Crippen MR) is 94.5 cm³/mol. The number of hydrogen-bond acceptors (Lipinski definition) is 4. The number of nitrogens with one attached hydrogen (secondary N) is 1. The summed E-state index contributed by atoms with van der Waals surface area (Å²) in [5.74, 6) is 0.724. The molecular formula is C18H24N2O2S. The van der Waals surface area contributed by atoms with Crippen molar-refractivity contribution < 1.29 is 9.29 Å². The summed E-state index contributed by atoms with van der Waals surface area (Å²) in [5, 5.41) is 0. The topological polar surface area (TPSA) is 57.2 Å². The van der Waals surface area contributed by atoms with Crippen LogP contribution in [0.1, 0.15) is 45.0 Å². The summed E-state index contributed by atoms with van der Waals surface area (Å²) in [7, 11) is 0. The van der Waals surface area contributed by atoms with Crippen molar-refractivity contribution in [2.24, 2.45) is 0 Å². The van der Waals surface area contributed by atoms with Gasteiger partial charge in [0.15, 0.2) is 0 Å². The third-order valence-corrected chi connectivity index (χ3v) is 4.97. The van der Waals surface area contributed by atoms with Crippen molar-refractivity contribution in [3.05, 3.63) is 59.9 Å². The molecule has 4 nitrogen and oxygen atoms in total. The molecule has 0 spiro atoms. The quantitative estimate of drug-likeness (QED) is 0.818. The van der Waals surface area contributed by atoms with Crippen molar-refractivity contribution in [3.8, 4) is 5.75 Å². The lowest BCUT2D eigenvalue weighted by Crippen LogP contribution is -2.40. The monoisotopic (exact) mass is 332 g/mol. The van der Waals surface area contributed by atoms with E-state index < -0.39 is 11.4 Å². The SMILES string of the molecule is CC(N[S@+]([O-])C(C)(C)C)c1ccc(OCc2ccccc2)cn1. The van der Waals surface area contributed by atoms with E-state index in [1.165, 1.54) is 0 Å². The van der Waals surface area contributed by atoms with Crippen molar-refractivity contribution in [3.63, 3.8) is 0 Å². The summed E-state index contributed by atoms with van der Waals surface area (Å²) >= 11 is -1.12. The molecule has 0 fully saturated rings. The fourth-order valence-corrected chi connectivity index (χ4v) is 2.67. The zero-order chi connectivity index (χ0) is 16.9. The van der Waals surface area contributed by atoms with Crippen LogP contribution in [0.25, 0.3) is 0 Å². The van der Waals surface area contributed by atoms with Gasteiger partial charge in [0.1, 0.15) is 17.1 Å². The first kappa shape index (κ1) is 17.8. The zero-order valence-electron chi connectivity index (χ0n) is 14.1. The van der Waals surface area contributed by atoms with Gasteiger partial charge in [-0.2, -0.15) is 0 Å². The van der Waals surface area contributed by atoms with Crippen LogP contribution in [0.2, 0.25) is 0 Å². The lowest BCUT2D eigenvalue weighted by molar-refractivity contribution is 0.304. The van der Waals surface area contributed by atoms with Gasteiger partial charge in [0.25, 0.3) is 0 Å². The maximum Gasteiger partial charge on any atom is 0.138 e. The van der Waals surface area contributed by atoms with E-state index in [1.54, 1.807) is 6.20 Å². The third-order valence-electron chi connectivity index (χ3n) is 3.29. The third kappa shape index (κ3) is 5.53. The first-order chi connectivity index (χ1) is 10.9. The molecular weight excluding hydrogens is 308 g/mol. The van der Waals surface area contributed by atoms with Gasteiger partial charge in [-0.05, 0) is 45.4 Å². The molecule has 0 aliphatic carbocycles. The summed E-state index contributed by atoms with van der Waals surface area (Å²) in [4.78, 5) is 4.40. The number of ether oxygens (including phenoxy) is 1.